The second kappa shape index (κ2) is 9.65. The molecule has 2 aliphatic carbocycles. The smallest absolute Gasteiger partial charge is 0.226 e. The Morgan fingerprint density at radius 1 is 1.30 bits per heavy atom. The van der Waals surface area contributed by atoms with Gasteiger partial charge < -0.3 is 15.3 Å². The van der Waals surface area contributed by atoms with E-state index < -0.39 is 6.10 Å². The predicted molar refractivity (Wildman–Crippen MR) is 134 cm³/mol. The quantitative estimate of drug-likeness (QED) is 0.599. The monoisotopic (exact) mass is 477 g/mol. The average Bonchev–Trinajstić information content (AvgIpc) is 3.08. The third-order valence-corrected chi connectivity index (χ3v) is 8.95. The molecule has 186 valence electrons. The van der Waals surface area contributed by atoms with Crippen LogP contribution in [0.5, 0.6) is 0 Å². The molecule has 1 aromatic heterocycles. The normalized spacial score (nSPS) is 30.2. The zero-order chi connectivity index (χ0) is 24.7. The van der Waals surface area contributed by atoms with E-state index in [1.54, 1.807) is 11.3 Å². The summed E-state index contributed by atoms with van der Waals surface area (Å²) in [6.07, 6.45) is 2.63. The fraction of sp³-hybridized carbons (Fsp3) is 0.808. The lowest BCUT2D eigenvalue weighted by atomic mass is 9.53. The Morgan fingerprint density at radius 2 is 1.94 bits per heavy atom. The molecule has 2 N–H and O–H groups in total. The number of aliphatic hydroxyl groups excluding tert-OH is 1. The standard InChI is InChI=1S/C26H43N3O3S/c1-9-29(10-2)23(32)15(3)17-11-12-26(8)13-18-21(16(4)20(26)22(17)31)28-24(33-18)27-19(30)14-25(5,6)7/h15-17,20,22,31H,9-14H2,1-8H3,(H,27,28,30)/t15-,16-,17+,20+,22-,26+/m0/s1. The van der Waals surface area contributed by atoms with E-state index in [9.17, 15) is 14.7 Å². The van der Waals surface area contributed by atoms with E-state index in [1.807, 2.05) is 25.7 Å². The van der Waals surface area contributed by atoms with Gasteiger partial charge in [-0.15, -0.1) is 11.3 Å². The Labute approximate surface area is 203 Å². The van der Waals surface area contributed by atoms with Crippen LogP contribution in [0.25, 0.3) is 0 Å². The minimum absolute atomic E-state index is 0.00582. The minimum atomic E-state index is -0.540. The van der Waals surface area contributed by atoms with E-state index in [0.717, 1.165) is 25.0 Å². The fourth-order valence-electron chi connectivity index (χ4n) is 6.25. The maximum absolute atomic E-state index is 13.0. The number of carbonyl (C=O) groups is 2. The van der Waals surface area contributed by atoms with Crippen molar-refractivity contribution < 1.29 is 14.7 Å². The van der Waals surface area contributed by atoms with Crippen LogP contribution in [0.1, 0.15) is 91.1 Å². The first-order valence-electron chi connectivity index (χ1n) is 12.6. The van der Waals surface area contributed by atoms with Crippen molar-refractivity contribution >= 4 is 28.3 Å². The van der Waals surface area contributed by atoms with Gasteiger partial charge in [0.25, 0.3) is 0 Å². The Hall–Kier alpha value is -1.47. The summed E-state index contributed by atoms with van der Waals surface area (Å²) in [5.74, 6) is 0.0428. The first kappa shape index (κ1) is 26.1. The molecule has 1 saturated carbocycles. The number of hydrogen-bond acceptors (Lipinski definition) is 5. The highest BCUT2D eigenvalue weighted by atomic mass is 32.1. The van der Waals surface area contributed by atoms with Crippen LogP contribution in [0.2, 0.25) is 0 Å². The number of carbonyl (C=O) groups excluding carboxylic acids is 2. The summed E-state index contributed by atoms with van der Waals surface area (Å²) in [6.45, 7) is 18.0. The lowest BCUT2D eigenvalue weighted by Gasteiger charge is -2.53. The van der Waals surface area contributed by atoms with Gasteiger partial charge in [0.2, 0.25) is 11.8 Å². The second-order valence-electron chi connectivity index (χ2n) is 11.8. The Kier molecular flexibility index (Phi) is 7.64. The Bertz CT molecular complexity index is 873. The molecule has 0 bridgehead atoms. The highest BCUT2D eigenvalue weighted by Crippen LogP contribution is 2.57. The molecule has 6 nitrogen and oxygen atoms in total. The number of amides is 2. The van der Waals surface area contributed by atoms with E-state index in [4.69, 9.17) is 4.98 Å². The maximum atomic E-state index is 13.0. The summed E-state index contributed by atoms with van der Waals surface area (Å²) in [5.41, 5.74) is 0.908. The van der Waals surface area contributed by atoms with Gasteiger partial charge in [-0.3, -0.25) is 9.59 Å². The number of anilines is 1. The molecule has 0 aromatic carbocycles. The van der Waals surface area contributed by atoms with Crippen LogP contribution in [0.3, 0.4) is 0 Å². The highest BCUT2D eigenvalue weighted by molar-refractivity contribution is 7.15. The number of aliphatic hydroxyl groups is 1. The molecule has 0 aliphatic heterocycles. The van der Waals surface area contributed by atoms with Gasteiger partial charge >= 0.3 is 0 Å². The molecule has 0 spiro atoms. The van der Waals surface area contributed by atoms with Crippen LogP contribution < -0.4 is 5.32 Å². The van der Waals surface area contributed by atoms with E-state index in [0.29, 0.717) is 24.6 Å². The van der Waals surface area contributed by atoms with Gasteiger partial charge in [-0.25, -0.2) is 4.98 Å². The van der Waals surface area contributed by atoms with E-state index in [1.165, 1.54) is 4.88 Å². The summed E-state index contributed by atoms with van der Waals surface area (Å²) in [4.78, 5) is 33.4. The molecule has 0 saturated heterocycles. The van der Waals surface area contributed by atoms with Crippen molar-refractivity contribution in [3.8, 4) is 0 Å². The minimum Gasteiger partial charge on any atom is -0.392 e. The maximum Gasteiger partial charge on any atom is 0.226 e. The van der Waals surface area contributed by atoms with Crippen LogP contribution >= 0.6 is 11.3 Å². The Balaban J connectivity index is 1.81. The molecule has 7 heteroatoms. The third-order valence-electron chi connectivity index (χ3n) is 7.97. The largest absolute Gasteiger partial charge is 0.392 e. The molecule has 2 amide bonds. The van der Waals surface area contributed by atoms with Crippen molar-refractivity contribution in [1.82, 2.24) is 9.88 Å². The number of nitrogens with zero attached hydrogens (tertiary/aromatic N) is 2. The van der Waals surface area contributed by atoms with Crippen LogP contribution in [-0.2, 0) is 16.0 Å². The van der Waals surface area contributed by atoms with Crippen molar-refractivity contribution in [3.63, 3.8) is 0 Å². The number of aromatic nitrogens is 1. The van der Waals surface area contributed by atoms with E-state index >= 15 is 0 Å². The van der Waals surface area contributed by atoms with Crippen LogP contribution in [0.15, 0.2) is 0 Å². The van der Waals surface area contributed by atoms with Crippen LogP contribution in [0.4, 0.5) is 5.13 Å². The first-order chi connectivity index (χ1) is 15.3. The summed E-state index contributed by atoms with van der Waals surface area (Å²) < 4.78 is 0. The lowest BCUT2D eigenvalue weighted by molar-refractivity contribution is -0.144. The highest BCUT2D eigenvalue weighted by Gasteiger charge is 2.54. The van der Waals surface area contributed by atoms with Gasteiger partial charge in [-0.05, 0) is 55.8 Å². The van der Waals surface area contributed by atoms with Crippen molar-refractivity contribution in [2.75, 3.05) is 18.4 Å². The molecule has 0 unspecified atom stereocenters. The van der Waals surface area contributed by atoms with Crippen molar-refractivity contribution in [2.45, 2.75) is 93.1 Å². The summed E-state index contributed by atoms with van der Waals surface area (Å²) in [6, 6.07) is 0. The molecule has 1 heterocycles. The molecule has 33 heavy (non-hydrogen) atoms. The van der Waals surface area contributed by atoms with E-state index in [-0.39, 0.29) is 46.3 Å². The zero-order valence-electron chi connectivity index (χ0n) is 21.7. The van der Waals surface area contributed by atoms with Crippen molar-refractivity contribution in [3.05, 3.63) is 10.6 Å². The summed E-state index contributed by atoms with van der Waals surface area (Å²) in [7, 11) is 0. The molecule has 3 rings (SSSR count). The Morgan fingerprint density at radius 3 is 2.52 bits per heavy atom. The molecule has 0 radical (unpaired) electrons. The van der Waals surface area contributed by atoms with Crippen molar-refractivity contribution in [2.24, 2.45) is 28.6 Å². The zero-order valence-corrected chi connectivity index (χ0v) is 22.5. The van der Waals surface area contributed by atoms with Crippen molar-refractivity contribution in [1.29, 1.82) is 0 Å². The molecular formula is C26H43N3O3S. The first-order valence-corrected chi connectivity index (χ1v) is 13.4. The summed E-state index contributed by atoms with van der Waals surface area (Å²) in [5, 5.41) is 15.3. The average molecular weight is 478 g/mol. The fourth-order valence-corrected chi connectivity index (χ4v) is 7.53. The van der Waals surface area contributed by atoms with Crippen LogP contribution in [0, 0.1) is 28.6 Å². The SMILES string of the molecule is CCN(CC)C(=O)[C@@H](C)[C@H]1CC[C@]2(C)Cc3sc(NC(=O)CC(C)(C)C)nc3[C@@H](C)[C@@H]2[C@H]1O. The molecular weight excluding hydrogens is 434 g/mol. The third kappa shape index (κ3) is 5.29. The molecule has 1 aromatic rings. The predicted octanol–water partition coefficient (Wildman–Crippen LogP) is 5.08. The van der Waals surface area contributed by atoms with Gasteiger partial charge in [0.15, 0.2) is 5.13 Å². The van der Waals surface area contributed by atoms with Gasteiger partial charge in [-0.1, -0.05) is 41.5 Å². The number of rotatable bonds is 6. The number of hydrogen-bond donors (Lipinski definition) is 2. The number of nitrogens with one attached hydrogen (secondary N) is 1. The number of thiazole rings is 1. The molecule has 1 fully saturated rings. The van der Waals surface area contributed by atoms with Crippen LogP contribution in [-0.4, -0.2) is 46.0 Å². The topological polar surface area (TPSA) is 82.5 Å². The second-order valence-corrected chi connectivity index (χ2v) is 12.8. The van der Waals surface area contributed by atoms with Gasteiger partial charge in [0, 0.05) is 36.2 Å². The van der Waals surface area contributed by atoms with Gasteiger partial charge in [0.1, 0.15) is 0 Å². The lowest BCUT2D eigenvalue weighted by Crippen LogP contribution is -2.53. The van der Waals surface area contributed by atoms with Gasteiger partial charge in [0.05, 0.1) is 11.8 Å². The van der Waals surface area contributed by atoms with E-state index in [2.05, 4.69) is 39.9 Å². The van der Waals surface area contributed by atoms with Gasteiger partial charge in [-0.2, -0.15) is 0 Å². The summed E-state index contributed by atoms with van der Waals surface area (Å²) >= 11 is 1.59. The molecule has 2 aliphatic rings. The number of fused-ring (bicyclic) bond motifs is 2. The molecule has 6 atom stereocenters.